The second-order valence-corrected chi connectivity index (χ2v) is 9.73. The standard InChI is InChI=1S/C18H34BO9P/c1-9(2)23-7-13-18(16(21)12(6)26-13)28-29(19,22)24-8-14-17(25-10(3)4)15(20)11(5)27-14/h9-18,20-21H,7-8H2,1-6H3/t11-,12-,13+,14+,15?,16?,17-,18-,29?/m0/s1. The van der Waals surface area contributed by atoms with E-state index in [0.717, 1.165) is 0 Å². The molecule has 9 atom stereocenters. The van der Waals surface area contributed by atoms with Gasteiger partial charge in [0.1, 0.15) is 36.6 Å². The summed E-state index contributed by atoms with van der Waals surface area (Å²) in [5.41, 5.74) is 0. The van der Waals surface area contributed by atoms with Crippen molar-refractivity contribution in [2.75, 3.05) is 13.2 Å². The van der Waals surface area contributed by atoms with E-state index in [1.807, 2.05) is 27.7 Å². The maximum absolute atomic E-state index is 12.7. The minimum atomic E-state index is -4.06. The normalized spacial score (nSPS) is 40.1. The van der Waals surface area contributed by atoms with Crippen molar-refractivity contribution in [3.8, 4) is 0 Å². The van der Waals surface area contributed by atoms with Crippen LogP contribution in [0.2, 0.25) is 0 Å². The highest BCUT2D eigenvalue weighted by atomic mass is 31.2. The highest BCUT2D eigenvalue weighted by Gasteiger charge is 2.47. The summed E-state index contributed by atoms with van der Waals surface area (Å²) in [7, 11) is 1.71. The Kier molecular flexibility index (Phi) is 9.16. The third-order valence-corrected chi connectivity index (χ3v) is 5.90. The fraction of sp³-hybridized carbons (Fsp3) is 1.00. The Balaban J connectivity index is 1.96. The molecule has 0 spiro atoms. The summed E-state index contributed by atoms with van der Waals surface area (Å²) >= 11 is 0. The van der Waals surface area contributed by atoms with Gasteiger partial charge in [-0.25, -0.2) is 0 Å². The van der Waals surface area contributed by atoms with E-state index in [-0.39, 0.29) is 25.4 Å². The van der Waals surface area contributed by atoms with Crippen LogP contribution >= 0.6 is 7.47 Å². The molecule has 2 aliphatic heterocycles. The fourth-order valence-electron chi connectivity index (χ4n) is 3.39. The van der Waals surface area contributed by atoms with Gasteiger partial charge in [-0.1, -0.05) is 0 Å². The van der Waals surface area contributed by atoms with E-state index in [0.29, 0.717) is 0 Å². The lowest BCUT2D eigenvalue weighted by molar-refractivity contribution is -0.0776. The molecule has 3 unspecified atom stereocenters. The number of hydrogen-bond donors (Lipinski definition) is 2. The molecule has 11 heteroatoms. The summed E-state index contributed by atoms with van der Waals surface area (Å²) in [4.78, 5) is 0. The Morgan fingerprint density at radius 3 is 1.97 bits per heavy atom. The molecule has 0 amide bonds. The van der Waals surface area contributed by atoms with Gasteiger partial charge in [0, 0.05) is 0 Å². The molecular weight excluding hydrogens is 402 g/mol. The second kappa shape index (κ2) is 10.5. The largest absolute Gasteiger partial charge is 0.388 e. The first kappa shape index (κ1) is 25.2. The average Bonchev–Trinajstić information content (AvgIpc) is 3.02. The summed E-state index contributed by atoms with van der Waals surface area (Å²) in [5, 5.41) is 20.6. The van der Waals surface area contributed by atoms with Gasteiger partial charge in [-0.2, -0.15) is 0 Å². The Morgan fingerprint density at radius 2 is 1.45 bits per heavy atom. The fourth-order valence-corrected chi connectivity index (χ4v) is 4.40. The Labute approximate surface area is 174 Å². The monoisotopic (exact) mass is 436 g/mol. The van der Waals surface area contributed by atoms with Crippen LogP contribution in [0.4, 0.5) is 0 Å². The smallest absolute Gasteiger partial charge is 0.264 e. The van der Waals surface area contributed by atoms with E-state index in [9.17, 15) is 14.8 Å². The Morgan fingerprint density at radius 1 is 0.931 bits per heavy atom. The lowest BCUT2D eigenvalue weighted by Gasteiger charge is -2.27. The van der Waals surface area contributed by atoms with Crippen molar-refractivity contribution < 1.29 is 42.8 Å². The van der Waals surface area contributed by atoms with Crippen molar-refractivity contribution in [1.29, 1.82) is 0 Å². The number of ether oxygens (including phenoxy) is 4. The summed E-state index contributed by atoms with van der Waals surface area (Å²) < 4.78 is 46.0. The van der Waals surface area contributed by atoms with Crippen LogP contribution in [-0.2, 0) is 32.6 Å². The second-order valence-electron chi connectivity index (χ2n) is 8.18. The van der Waals surface area contributed by atoms with Crippen molar-refractivity contribution in [2.24, 2.45) is 0 Å². The molecule has 2 N–H and O–H groups in total. The molecule has 0 aromatic carbocycles. The van der Waals surface area contributed by atoms with Crippen LogP contribution in [0, 0.1) is 0 Å². The van der Waals surface area contributed by atoms with E-state index in [1.165, 1.54) is 0 Å². The zero-order valence-corrected chi connectivity index (χ0v) is 18.9. The first-order valence-electron chi connectivity index (χ1n) is 10.1. The quantitative estimate of drug-likeness (QED) is 0.385. The van der Waals surface area contributed by atoms with Crippen molar-refractivity contribution in [3.63, 3.8) is 0 Å². The van der Waals surface area contributed by atoms with Crippen LogP contribution in [0.5, 0.6) is 0 Å². The van der Waals surface area contributed by atoms with Crippen molar-refractivity contribution in [2.45, 2.75) is 103 Å². The molecule has 9 nitrogen and oxygen atoms in total. The Bertz CT molecular complexity index is 563. The van der Waals surface area contributed by atoms with Crippen LogP contribution in [-0.4, -0.2) is 92.0 Å². The molecule has 0 aromatic rings. The molecule has 2 radical (unpaired) electrons. The maximum atomic E-state index is 12.7. The highest BCUT2D eigenvalue weighted by molar-refractivity contribution is 7.79. The molecule has 2 saturated heterocycles. The van der Waals surface area contributed by atoms with Crippen molar-refractivity contribution >= 4 is 15.0 Å². The molecule has 2 rings (SSSR count). The average molecular weight is 436 g/mol. The molecule has 2 aliphatic rings. The van der Waals surface area contributed by atoms with Gasteiger partial charge in [0.05, 0.1) is 37.6 Å². The molecule has 0 aromatic heterocycles. The summed E-state index contributed by atoms with van der Waals surface area (Å²) in [6, 6.07) is 0. The predicted octanol–water partition coefficient (Wildman–Crippen LogP) is 1.18. The zero-order chi connectivity index (χ0) is 21.9. The van der Waals surface area contributed by atoms with Gasteiger partial charge in [-0.3, -0.25) is 4.57 Å². The van der Waals surface area contributed by atoms with Crippen LogP contribution in [0.1, 0.15) is 41.5 Å². The van der Waals surface area contributed by atoms with Gasteiger partial charge in [-0.15, -0.1) is 0 Å². The van der Waals surface area contributed by atoms with Gasteiger partial charge in [0.25, 0.3) is 7.47 Å². The number of aliphatic hydroxyl groups is 2. The molecule has 0 saturated carbocycles. The lowest BCUT2D eigenvalue weighted by atomic mass is 10.1. The van der Waals surface area contributed by atoms with E-state index in [2.05, 4.69) is 0 Å². The van der Waals surface area contributed by atoms with Crippen LogP contribution in [0.3, 0.4) is 0 Å². The maximum Gasteiger partial charge on any atom is 0.264 e. The van der Waals surface area contributed by atoms with Crippen LogP contribution in [0.25, 0.3) is 0 Å². The summed E-state index contributed by atoms with van der Waals surface area (Å²) in [6.45, 7) is 10.8. The molecule has 2 fully saturated rings. The zero-order valence-electron chi connectivity index (χ0n) is 18.0. The highest BCUT2D eigenvalue weighted by Crippen LogP contribution is 2.47. The Hall–Kier alpha value is -0.0251. The third-order valence-electron chi connectivity index (χ3n) is 4.86. The van der Waals surface area contributed by atoms with Crippen LogP contribution in [0.15, 0.2) is 0 Å². The topological polar surface area (TPSA) is 113 Å². The molecule has 2 heterocycles. The first-order valence-corrected chi connectivity index (χ1v) is 11.7. The molecule has 168 valence electrons. The van der Waals surface area contributed by atoms with Gasteiger partial charge >= 0.3 is 0 Å². The van der Waals surface area contributed by atoms with E-state index < -0.39 is 56.3 Å². The molecule has 29 heavy (non-hydrogen) atoms. The van der Waals surface area contributed by atoms with Gasteiger partial charge in [0.15, 0.2) is 0 Å². The molecule has 0 aliphatic carbocycles. The van der Waals surface area contributed by atoms with E-state index >= 15 is 0 Å². The van der Waals surface area contributed by atoms with Gasteiger partial charge in [0.2, 0.25) is 7.57 Å². The molecule has 0 bridgehead atoms. The van der Waals surface area contributed by atoms with E-state index in [4.69, 9.17) is 35.6 Å². The minimum absolute atomic E-state index is 0.0425. The van der Waals surface area contributed by atoms with Crippen LogP contribution < -0.4 is 0 Å². The number of rotatable bonds is 10. The number of aliphatic hydroxyl groups excluding tert-OH is 2. The van der Waals surface area contributed by atoms with Crippen molar-refractivity contribution in [1.82, 2.24) is 0 Å². The molecular formula is C18H34BO9P. The summed E-state index contributed by atoms with van der Waals surface area (Å²) in [6.07, 6.45) is -5.94. The predicted molar refractivity (Wildman–Crippen MR) is 106 cm³/mol. The SMILES string of the molecule is [B]P(=O)(OC[C@H]1O[C@@H](C)C(O)[C@H]1OC(C)C)O[C@@H]1C(O)[C@H](C)O[C@@H]1COC(C)C. The third kappa shape index (κ3) is 6.99. The van der Waals surface area contributed by atoms with Gasteiger partial charge in [-0.05, 0) is 41.5 Å². The summed E-state index contributed by atoms with van der Waals surface area (Å²) in [5.74, 6) is 0. The first-order chi connectivity index (χ1) is 13.4. The van der Waals surface area contributed by atoms with E-state index in [1.54, 1.807) is 13.8 Å². The minimum Gasteiger partial charge on any atom is -0.388 e. The van der Waals surface area contributed by atoms with Gasteiger partial charge < -0.3 is 38.2 Å². The lowest BCUT2D eigenvalue weighted by Crippen LogP contribution is -2.39. The number of hydrogen-bond acceptors (Lipinski definition) is 9. The van der Waals surface area contributed by atoms with Crippen molar-refractivity contribution in [3.05, 3.63) is 0 Å².